The minimum Gasteiger partial charge on any atom is -0.286 e. The molecule has 0 spiro atoms. The number of nitrogens with zero attached hydrogens (tertiary/aromatic N) is 2. The number of rotatable bonds is 3. The van der Waals surface area contributed by atoms with Gasteiger partial charge in [0.2, 0.25) is 0 Å². The van der Waals surface area contributed by atoms with Crippen molar-refractivity contribution in [2.45, 2.75) is 19.6 Å². The molecule has 3 rings (SSSR count). The van der Waals surface area contributed by atoms with E-state index in [0.29, 0.717) is 13.1 Å². The Bertz CT molecular complexity index is 786. The normalized spacial score (nSPS) is 14.0. The van der Waals surface area contributed by atoms with Gasteiger partial charge in [-0.05, 0) is 54.8 Å². The highest BCUT2D eigenvalue weighted by Gasteiger charge is 2.25. The first-order valence-corrected chi connectivity index (χ1v) is 9.63. The molecule has 1 aliphatic rings. The fourth-order valence-corrected chi connectivity index (χ4v) is 3.76. The molecule has 0 saturated heterocycles. The van der Waals surface area contributed by atoms with Crippen LogP contribution in [0.5, 0.6) is 0 Å². The summed E-state index contributed by atoms with van der Waals surface area (Å²) in [5, 5.41) is 0.821. The standard InChI is InChI=1S/C19H19BrN2OS/c1-13-3-6-16(11-14(13)2)18(23)22-10-9-21-19(22)24-12-15-4-7-17(20)8-5-15/h3-8,11H,9-10,12H2,1-2H3. The first kappa shape index (κ1) is 17.2. The number of aryl methyl sites for hydroxylation is 2. The lowest BCUT2D eigenvalue weighted by Gasteiger charge is -2.18. The van der Waals surface area contributed by atoms with Crippen LogP contribution in [0.25, 0.3) is 0 Å². The van der Waals surface area contributed by atoms with Gasteiger partial charge in [-0.1, -0.05) is 45.9 Å². The van der Waals surface area contributed by atoms with Crippen molar-refractivity contribution >= 4 is 38.8 Å². The van der Waals surface area contributed by atoms with E-state index in [2.05, 4.69) is 40.0 Å². The van der Waals surface area contributed by atoms with E-state index in [1.165, 1.54) is 11.1 Å². The summed E-state index contributed by atoms with van der Waals surface area (Å²) < 4.78 is 1.07. The number of thioether (sulfide) groups is 1. The van der Waals surface area contributed by atoms with E-state index in [4.69, 9.17) is 0 Å². The van der Waals surface area contributed by atoms with E-state index in [0.717, 1.165) is 26.5 Å². The molecule has 3 nitrogen and oxygen atoms in total. The molecule has 0 atom stereocenters. The highest BCUT2D eigenvalue weighted by Crippen LogP contribution is 2.23. The summed E-state index contributed by atoms with van der Waals surface area (Å²) in [6.07, 6.45) is 0. The maximum atomic E-state index is 12.8. The molecule has 0 aliphatic carbocycles. The van der Waals surface area contributed by atoms with Crippen molar-refractivity contribution in [2.75, 3.05) is 13.1 Å². The van der Waals surface area contributed by atoms with Crippen LogP contribution in [0.15, 0.2) is 51.9 Å². The maximum absolute atomic E-state index is 12.8. The van der Waals surface area contributed by atoms with Crippen LogP contribution in [0.2, 0.25) is 0 Å². The maximum Gasteiger partial charge on any atom is 0.259 e. The number of benzene rings is 2. The quantitative estimate of drug-likeness (QED) is 0.737. The molecule has 2 aromatic rings. The lowest BCUT2D eigenvalue weighted by molar-refractivity contribution is 0.0860. The molecule has 0 saturated carbocycles. The van der Waals surface area contributed by atoms with Crippen LogP contribution in [-0.4, -0.2) is 29.1 Å². The molecule has 0 aromatic heterocycles. The summed E-state index contributed by atoms with van der Waals surface area (Å²) in [6.45, 7) is 5.43. The Morgan fingerprint density at radius 1 is 1.17 bits per heavy atom. The molecule has 0 unspecified atom stereocenters. The zero-order chi connectivity index (χ0) is 17.1. The second kappa shape index (κ2) is 7.53. The van der Waals surface area contributed by atoms with E-state index < -0.39 is 0 Å². The summed E-state index contributed by atoms with van der Waals surface area (Å²) in [4.78, 5) is 19.1. The lowest BCUT2D eigenvalue weighted by Crippen LogP contribution is -2.32. The van der Waals surface area contributed by atoms with E-state index >= 15 is 0 Å². The van der Waals surface area contributed by atoms with Gasteiger partial charge in [-0.2, -0.15) is 0 Å². The van der Waals surface area contributed by atoms with Crippen LogP contribution < -0.4 is 0 Å². The third-order valence-electron chi connectivity index (χ3n) is 4.08. The third kappa shape index (κ3) is 3.90. The predicted octanol–water partition coefficient (Wildman–Crippen LogP) is 4.81. The number of amidine groups is 1. The van der Waals surface area contributed by atoms with Crippen molar-refractivity contribution in [3.05, 3.63) is 69.2 Å². The fourth-order valence-electron chi connectivity index (χ4n) is 2.50. The van der Waals surface area contributed by atoms with Gasteiger partial charge >= 0.3 is 0 Å². The molecule has 2 aromatic carbocycles. The van der Waals surface area contributed by atoms with Crippen molar-refractivity contribution in [2.24, 2.45) is 4.99 Å². The number of carbonyl (C=O) groups is 1. The zero-order valence-electron chi connectivity index (χ0n) is 13.8. The number of halogens is 1. The molecule has 1 aliphatic heterocycles. The fraction of sp³-hybridized carbons (Fsp3) is 0.263. The van der Waals surface area contributed by atoms with Crippen LogP contribution in [0.3, 0.4) is 0 Å². The van der Waals surface area contributed by atoms with Gasteiger partial charge in [0.05, 0.1) is 6.54 Å². The largest absolute Gasteiger partial charge is 0.286 e. The molecule has 5 heteroatoms. The Morgan fingerprint density at radius 2 is 1.92 bits per heavy atom. The van der Waals surface area contributed by atoms with Gasteiger partial charge in [0.25, 0.3) is 5.91 Å². The monoisotopic (exact) mass is 402 g/mol. The van der Waals surface area contributed by atoms with Gasteiger partial charge in [-0.3, -0.25) is 14.7 Å². The van der Waals surface area contributed by atoms with Gasteiger partial charge < -0.3 is 0 Å². The third-order valence-corrected chi connectivity index (χ3v) is 5.70. The molecule has 24 heavy (non-hydrogen) atoms. The van der Waals surface area contributed by atoms with Crippen molar-refractivity contribution in [3.8, 4) is 0 Å². The molecule has 0 fully saturated rings. The highest BCUT2D eigenvalue weighted by molar-refractivity contribution is 9.10. The van der Waals surface area contributed by atoms with Crippen LogP contribution in [0, 0.1) is 13.8 Å². The second-order valence-corrected chi connectivity index (χ2v) is 7.69. The topological polar surface area (TPSA) is 32.7 Å². The molecule has 124 valence electrons. The summed E-state index contributed by atoms with van der Waals surface area (Å²) in [5.41, 5.74) is 4.29. The number of aliphatic imine (C=N–C) groups is 1. The van der Waals surface area contributed by atoms with Gasteiger partial charge in [0.1, 0.15) is 0 Å². The summed E-state index contributed by atoms with van der Waals surface area (Å²) in [5.74, 6) is 0.848. The average Bonchev–Trinajstić information content (AvgIpc) is 3.05. The van der Waals surface area contributed by atoms with Crippen molar-refractivity contribution in [1.82, 2.24) is 4.90 Å². The van der Waals surface area contributed by atoms with Gasteiger partial charge in [0.15, 0.2) is 5.17 Å². The van der Waals surface area contributed by atoms with E-state index in [1.54, 1.807) is 16.7 Å². The molecule has 1 amide bonds. The number of amides is 1. The lowest BCUT2D eigenvalue weighted by atomic mass is 10.1. The molecule has 0 bridgehead atoms. The molecule has 0 radical (unpaired) electrons. The van der Waals surface area contributed by atoms with E-state index in [9.17, 15) is 4.79 Å². The van der Waals surface area contributed by atoms with Crippen LogP contribution in [0.1, 0.15) is 27.0 Å². The Balaban J connectivity index is 1.69. The molecular formula is C19H19BrN2OS. The number of carbonyl (C=O) groups excluding carboxylic acids is 1. The summed E-state index contributed by atoms with van der Waals surface area (Å²) >= 11 is 5.07. The van der Waals surface area contributed by atoms with Gasteiger partial charge in [-0.15, -0.1) is 0 Å². The Kier molecular flexibility index (Phi) is 5.41. The van der Waals surface area contributed by atoms with E-state index in [-0.39, 0.29) is 5.91 Å². The average molecular weight is 403 g/mol. The number of hydrogen-bond donors (Lipinski definition) is 0. The SMILES string of the molecule is Cc1ccc(C(=O)N2CCN=C2SCc2ccc(Br)cc2)cc1C. The van der Waals surface area contributed by atoms with Crippen LogP contribution in [0.4, 0.5) is 0 Å². The first-order chi connectivity index (χ1) is 11.5. The van der Waals surface area contributed by atoms with Crippen LogP contribution >= 0.6 is 27.7 Å². The Hall–Kier alpha value is -1.59. The minimum absolute atomic E-state index is 0.0395. The predicted molar refractivity (Wildman–Crippen MR) is 105 cm³/mol. The summed E-state index contributed by atoms with van der Waals surface area (Å²) in [7, 11) is 0. The summed E-state index contributed by atoms with van der Waals surface area (Å²) in [6, 6.07) is 14.1. The Labute approximate surface area is 155 Å². The van der Waals surface area contributed by atoms with Crippen molar-refractivity contribution < 1.29 is 4.79 Å². The molecule has 0 N–H and O–H groups in total. The smallest absolute Gasteiger partial charge is 0.259 e. The van der Waals surface area contributed by atoms with E-state index in [1.807, 2.05) is 37.3 Å². The Morgan fingerprint density at radius 3 is 2.62 bits per heavy atom. The minimum atomic E-state index is 0.0395. The first-order valence-electron chi connectivity index (χ1n) is 7.85. The zero-order valence-corrected chi connectivity index (χ0v) is 16.2. The molecule has 1 heterocycles. The van der Waals surface area contributed by atoms with Gasteiger partial charge in [0, 0.05) is 22.3 Å². The second-order valence-electron chi connectivity index (χ2n) is 5.84. The van der Waals surface area contributed by atoms with Gasteiger partial charge in [-0.25, -0.2) is 0 Å². The van der Waals surface area contributed by atoms with Crippen molar-refractivity contribution in [1.29, 1.82) is 0 Å². The highest BCUT2D eigenvalue weighted by atomic mass is 79.9. The number of hydrogen-bond acceptors (Lipinski definition) is 3. The van der Waals surface area contributed by atoms with Crippen molar-refractivity contribution in [3.63, 3.8) is 0 Å². The van der Waals surface area contributed by atoms with Crippen LogP contribution in [-0.2, 0) is 5.75 Å². The molecular weight excluding hydrogens is 384 g/mol.